The lowest BCUT2D eigenvalue weighted by molar-refractivity contribution is 0.275. The third kappa shape index (κ3) is 2.34. The summed E-state index contributed by atoms with van der Waals surface area (Å²) < 4.78 is 27.7. The highest BCUT2D eigenvalue weighted by molar-refractivity contribution is 9.09. The Morgan fingerprint density at radius 3 is 2.39 bits per heavy atom. The summed E-state index contributed by atoms with van der Waals surface area (Å²) >= 11 is 3.63. The van der Waals surface area contributed by atoms with E-state index in [2.05, 4.69) is 22.9 Å². The van der Waals surface area contributed by atoms with Crippen LogP contribution >= 0.6 is 15.9 Å². The predicted octanol–water partition coefficient (Wildman–Crippen LogP) is 5.68. The topological polar surface area (TPSA) is 0 Å². The van der Waals surface area contributed by atoms with Crippen molar-refractivity contribution in [3.63, 3.8) is 0 Å². The number of halogens is 3. The molecule has 0 N–H and O–H groups in total. The molecular formula is C15H19BrF2. The van der Waals surface area contributed by atoms with Crippen molar-refractivity contribution in [3.8, 4) is 0 Å². The van der Waals surface area contributed by atoms with Gasteiger partial charge >= 0.3 is 0 Å². The fourth-order valence-electron chi connectivity index (χ4n) is 3.05. The van der Waals surface area contributed by atoms with Gasteiger partial charge in [0.2, 0.25) is 0 Å². The second-order valence-electron chi connectivity index (χ2n) is 5.41. The van der Waals surface area contributed by atoms with Gasteiger partial charge in [0.15, 0.2) is 0 Å². The van der Waals surface area contributed by atoms with E-state index in [1.807, 2.05) is 0 Å². The Labute approximate surface area is 116 Å². The number of alkyl halides is 1. The number of hydrogen-bond donors (Lipinski definition) is 0. The van der Waals surface area contributed by atoms with Crippen molar-refractivity contribution >= 4 is 15.9 Å². The van der Waals surface area contributed by atoms with E-state index >= 15 is 0 Å². The summed E-state index contributed by atoms with van der Waals surface area (Å²) in [5, 5.41) is 0. The van der Waals surface area contributed by atoms with Crippen LogP contribution in [0, 0.1) is 24.0 Å². The summed E-state index contributed by atoms with van der Waals surface area (Å²) in [6, 6.07) is 2.66. The first-order valence-electron chi connectivity index (χ1n) is 6.60. The van der Waals surface area contributed by atoms with Gasteiger partial charge in [-0.2, -0.15) is 0 Å². The lowest BCUT2D eigenvalue weighted by Crippen LogP contribution is -2.22. The quantitative estimate of drug-likeness (QED) is 0.629. The minimum absolute atomic E-state index is 0.0859. The summed E-state index contributed by atoms with van der Waals surface area (Å²) in [4.78, 5) is -0.0902. The summed E-state index contributed by atoms with van der Waals surface area (Å²) in [6.45, 7) is 3.73. The molecule has 0 heterocycles. The number of rotatable bonds is 3. The smallest absolute Gasteiger partial charge is 0.128 e. The van der Waals surface area contributed by atoms with E-state index in [4.69, 9.17) is 0 Å². The maximum atomic E-state index is 14.0. The predicted molar refractivity (Wildman–Crippen MR) is 74.0 cm³/mol. The molecule has 0 aliphatic heterocycles. The Hall–Kier alpha value is -0.440. The first-order chi connectivity index (χ1) is 8.50. The number of aryl methyl sites for hydroxylation is 1. The van der Waals surface area contributed by atoms with Gasteiger partial charge in [-0.1, -0.05) is 35.7 Å². The van der Waals surface area contributed by atoms with Crippen LogP contribution in [0.15, 0.2) is 12.1 Å². The lowest BCUT2D eigenvalue weighted by Gasteiger charge is -2.33. The Balaban J connectivity index is 2.39. The van der Waals surface area contributed by atoms with E-state index in [-0.39, 0.29) is 21.9 Å². The third-order valence-electron chi connectivity index (χ3n) is 4.39. The Morgan fingerprint density at radius 1 is 1.22 bits per heavy atom. The van der Waals surface area contributed by atoms with Crippen molar-refractivity contribution in [3.05, 3.63) is 34.9 Å². The summed E-state index contributed by atoms with van der Waals surface area (Å²) in [5.74, 6) is -0.615. The van der Waals surface area contributed by atoms with Gasteiger partial charge in [-0.15, -0.1) is 0 Å². The first-order valence-corrected chi connectivity index (χ1v) is 7.51. The Kier molecular flexibility index (Phi) is 4.10. The maximum Gasteiger partial charge on any atom is 0.128 e. The van der Waals surface area contributed by atoms with E-state index < -0.39 is 0 Å². The molecule has 1 saturated carbocycles. The fourth-order valence-corrected chi connectivity index (χ4v) is 4.18. The van der Waals surface area contributed by atoms with Crippen molar-refractivity contribution in [2.75, 3.05) is 0 Å². The van der Waals surface area contributed by atoms with Gasteiger partial charge in [-0.25, -0.2) is 8.78 Å². The molecule has 0 nitrogen and oxygen atoms in total. The molecule has 3 heteroatoms. The Morgan fingerprint density at radius 2 is 1.83 bits per heavy atom. The van der Waals surface area contributed by atoms with E-state index in [0.717, 1.165) is 19.3 Å². The van der Waals surface area contributed by atoms with E-state index in [9.17, 15) is 8.78 Å². The van der Waals surface area contributed by atoms with Crippen LogP contribution in [0.3, 0.4) is 0 Å². The molecule has 18 heavy (non-hydrogen) atoms. The van der Waals surface area contributed by atoms with Crippen LogP contribution in [0.25, 0.3) is 0 Å². The zero-order valence-corrected chi connectivity index (χ0v) is 12.5. The fraction of sp³-hybridized carbons (Fsp3) is 0.600. The highest BCUT2D eigenvalue weighted by Gasteiger charge is 2.40. The second-order valence-corrected chi connectivity index (χ2v) is 6.32. The first kappa shape index (κ1) is 14.0. The summed E-state index contributed by atoms with van der Waals surface area (Å²) in [6.07, 6.45) is 5.55. The van der Waals surface area contributed by atoms with Crippen molar-refractivity contribution in [2.24, 2.45) is 5.41 Å². The molecule has 0 radical (unpaired) electrons. The van der Waals surface area contributed by atoms with Gasteiger partial charge in [-0.05, 0) is 49.3 Å². The molecule has 1 aromatic rings. The standard InChI is InChI=1S/C15H19BrF2/c1-3-15(6-4-5-7-15)14(16)11-9-12(17)10(2)8-13(11)18/h8-9,14H,3-7H2,1-2H3. The van der Waals surface area contributed by atoms with Crippen LogP contribution in [0.2, 0.25) is 0 Å². The third-order valence-corrected chi connectivity index (χ3v) is 5.86. The normalized spacial score (nSPS) is 20.1. The van der Waals surface area contributed by atoms with Gasteiger partial charge in [0.1, 0.15) is 11.6 Å². The molecule has 1 atom stereocenters. The van der Waals surface area contributed by atoms with Crippen molar-refractivity contribution in [1.82, 2.24) is 0 Å². The molecule has 1 aliphatic rings. The molecule has 0 amide bonds. The molecule has 0 spiro atoms. The molecule has 1 unspecified atom stereocenters. The second kappa shape index (κ2) is 5.28. The van der Waals surface area contributed by atoms with Crippen molar-refractivity contribution < 1.29 is 8.78 Å². The maximum absolute atomic E-state index is 14.0. The van der Waals surface area contributed by atoms with Gasteiger partial charge in [-0.3, -0.25) is 0 Å². The van der Waals surface area contributed by atoms with Crippen LogP contribution < -0.4 is 0 Å². The zero-order valence-electron chi connectivity index (χ0n) is 10.9. The molecule has 1 aromatic carbocycles. The van der Waals surface area contributed by atoms with Gasteiger partial charge < -0.3 is 0 Å². The molecule has 1 fully saturated rings. The van der Waals surface area contributed by atoms with Gasteiger partial charge in [0.05, 0.1) is 0 Å². The monoisotopic (exact) mass is 316 g/mol. The number of hydrogen-bond acceptors (Lipinski definition) is 0. The molecule has 100 valence electrons. The minimum atomic E-state index is -0.319. The molecule has 0 bridgehead atoms. The average Bonchev–Trinajstić information content (AvgIpc) is 2.83. The molecule has 1 aliphatic carbocycles. The van der Waals surface area contributed by atoms with Crippen molar-refractivity contribution in [1.29, 1.82) is 0 Å². The van der Waals surface area contributed by atoms with Crippen LogP contribution in [0.4, 0.5) is 8.78 Å². The zero-order chi connectivity index (χ0) is 13.3. The highest BCUT2D eigenvalue weighted by Crippen LogP contribution is 2.54. The average molecular weight is 317 g/mol. The highest BCUT2D eigenvalue weighted by atomic mass is 79.9. The molecule has 0 saturated heterocycles. The Bertz CT molecular complexity index is 436. The van der Waals surface area contributed by atoms with Gasteiger partial charge in [0, 0.05) is 10.4 Å². The number of benzene rings is 1. The van der Waals surface area contributed by atoms with Gasteiger partial charge in [0.25, 0.3) is 0 Å². The SMILES string of the molecule is CCC1(C(Br)c2cc(F)c(C)cc2F)CCCC1. The largest absolute Gasteiger partial charge is 0.207 e. The van der Waals surface area contributed by atoms with E-state index in [1.54, 1.807) is 6.92 Å². The molecule has 2 rings (SSSR count). The van der Waals surface area contributed by atoms with E-state index in [1.165, 1.54) is 25.0 Å². The van der Waals surface area contributed by atoms with E-state index in [0.29, 0.717) is 11.1 Å². The minimum Gasteiger partial charge on any atom is -0.207 e. The van der Waals surface area contributed by atoms with Crippen molar-refractivity contribution in [2.45, 2.75) is 50.8 Å². The van der Waals surface area contributed by atoms with Crippen LogP contribution in [0.1, 0.15) is 55.0 Å². The van der Waals surface area contributed by atoms with Crippen LogP contribution in [-0.2, 0) is 0 Å². The summed E-state index contributed by atoms with van der Waals surface area (Å²) in [7, 11) is 0. The van der Waals surface area contributed by atoms with Crippen LogP contribution in [-0.4, -0.2) is 0 Å². The summed E-state index contributed by atoms with van der Waals surface area (Å²) in [5.41, 5.74) is 0.928. The molecule has 0 aromatic heterocycles. The molecular weight excluding hydrogens is 298 g/mol. The van der Waals surface area contributed by atoms with Crippen LogP contribution in [0.5, 0.6) is 0 Å². The lowest BCUT2D eigenvalue weighted by atomic mass is 9.77.